The Morgan fingerprint density at radius 1 is 1.20 bits per heavy atom. The van der Waals surface area contributed by atoms with Gasteiger partial charge in [0, 0.05) is 12.7 Å². The summed E-state index contributed by atoms with van der Waals surface area (Å²) in [6.07, 6.45) is 1.02. The summed E-state index contributed by atoms with van der Waals surface area (Å²) < 4.78 is 0. The average molecular weight is 278 g/mol. The van der Waals surface area contributed by atoms with Gasteiger partial charge >= 0.3 is 0 Å². The van der Waals surface area contributed by atoms with E-state index in [4.69, 9.17) is 0 Å². The van der Waals surface area contributed by atoms with Crippen LogP contribution in [0, 0.1) is 0 Å². The number of carbonyl (C=O) groups is 2. The standard InChI is InChI=1S/C15H23N3O2/c1-4-11(2)12-7-5-6-8-13(12)18-15(20)10-17-9-14(19)16-3/h5-8,11,17H,4,9-10H2,1-3H3,(H,16,19)(H,18,20)/p+1/t11-/m1/s1. The molecule has 20 heavy (non-hydrogen) atoms. The van der Waals surface area contributed by atoms with Crippen LogP contribution in [0.1, 0.15) is 31.7 Å². The van der Waals surface area contributed by atoms with Gasteiger partial charge in [0.15, 0.2) is 13.1 Å². The highest BCUT2D eigenvalue weighted by atomic mass is 16.2. The number of hydrogen-bond donors (Lipinski definition) is 3. The van der Waals surface area contributed by atoms with Crippen LogP contribution >= 0.6 is 0 Å². The second-order valence-electron chi connectivity index (χ2n) is 4.81. The molecule has 1 aromatic rings. The molecule has 110 valence electrons. The van der Waals surface area contributed by atoms with Crippen molar-refractivity contribution in [2.75, 3.05) is 25.5 Å². The highest BCUT2D eigenvalue weighted by Crippen LogP contribution is 2.26. The first-order valence-electron chi connectivity index (χ1n) is 6.99. The van der Waals surface area contributed by atoms with E-state index < -0.39 is 0 Å². The number of benzene rings is 1. The number of para-hydroxylation sites is 1. The third kappa shape index (κ3) is 5.01. The largest absolute Gasteiger partial charge is 0.354 e. The molecule has 2 amide bonds. The van der Waals surface area contributed by atoms with Gasteiger partial charge in [-0.15, -0.1) is 0 Å². The monoisotopic (exact) mass is 278 g/mol. The summed E-state index contributed by atoms with van der Waals surface area (Å²) in [4.78, 5) is 22.9. The fraction of sp³-hybridized carbons (Fsp3) is 0.467. The molecule has 1 atom stereocenters. The van der Waals surface area contributed by atoms with Crippen LogP contribution in [0.5, 0.6) is 0 Å². The molecule has 0 radical (unpaired) electrons. The van der Waals surface area contributed by atoms with E-state index in [0.717, 1.165) is 17.7 Å². The quantitative estimate of drug-likeness (QED) is 0.677. The Labute approximate surface area is 120 Å². The van der Waals surface area contributed by atoms with Crippen LogP contribution in [-0.2, 0) is 9.59 Å². The Morgan fingerprint density at radius 3 is 2.50 bits per heavy atom. The lowest BCUT2D eigenvalue weighted by Gasteiger charge is -2.15. The number of hydrogen-bond acceptors (Lipinski definition) is 2. The van der Waals surface area contributed by atoms with Crippen LogP contribution in [0.2, 0.25) is 0 Å². The highest BCUT2D eigenvalue weighted by Gasteiger charge is 2.12. The molecule has 0 spiro atoms. The minimum Gasteiger partial charge on any atom is -0.354 e. The number of amides is 2. The van der Waals surface area contributed by atoms with Gasteiger partial charge in [-0.25, -0.2) is 0 Å². The average Bonchev–Trinajstić information content (AvgIpc) is 2.46. The first-order valence-corrected chi connectivity index (χ1v) is 6.99. The van der Waals surface area contributed by atoms with Gasteiger partial charge in [-0.2, -0.15) is 0 Å². The second kappa shape index (κ2) is 8.32. The summed E-state index contributed by atoms with van der Waals surface area (Å²) in [5.41, 5.74) is 2.01. The fourth-order valence-electron chi connectivity index (χ4n) is 1.90. The molecule has 4 N–H and O–H groups in total. The van der Waals surface area contributed by atoms with Gasteiger partial charge in [-0.3, -0.25) is 9.59 Å². The molecular weight excluding hydrogens is 254 g/mol. The highest BCUT2D eigenvalue weighted by molar-refractivity contribution is 5.92. The minimum absolute atomic E-state index is 0.0854. The summed E-state index contributed by atoms with van der Waals surface area (Å²) in [7, 11) is 1.58. The van der Waals surface area contributed by atoms with E-state index in [1.807, 2.05) is 24.3 Å². The molecule has 0 saturated heterocycles. The molecule has 0 aliphatic rings. The van der Waals surface area contributed by atoms with Gasteiger partial charge in [0.1, 0.15) is 0 Å². The number of quaternary nitrogens is 1. The maximum Gasteiger partial charge on any atom is 0.279 e. The first-order chi connectivity index (χ1) is 9.58. The molecule has 0 aliphatic heterocycles. The van der Waals surface area contributed by atoms with Crippen LogP contribution in [0.15, 0.2) is 24.3 Å². The minimum atomic E-state index is -0.0929. The topological polar surface area (TPSA) is 74.8 Å². The SMILES string of the molecule is CC[C@@H](C)c1ccccc1NC(=O)C[NH2+]CC(=O)NC. The summed E-state index contributed by atoms with van der Waals surface area (Å²) in [6.45, 7) is 4.77. The Morgan fingerprint density at radius 2 is 1.85 bits per heavy atom. The number of rotatable bonds is 7. The van der Waals surface area contributed by atoms with Crippen molar-refractivity contribution in [1.82, 2.24) is 5.32 Å². The number of nitrogens with two attached hydrogens (primary N) is 1. The Bertz CT molecular complexity index is 460. The van der Waals surface area contributed by atoms with E-state index in [9.17, 15) is 9.59 Å². The molecule has 0 aliphatic carbocycles. The van der Waals surface area contributed by atoms with E-state index in [0.29, 0.717) is 5.92 Å². The molecule has 5 nitrogen and oxygen atoms in total. The van der Waals surface area contributed by atoms with Crippen LogP contribution in [-0.4, -0.2) is 32.0 Å². The third-order valence-electron chi connectivity index (χ3n) is 3.32. The molecular formula is C15H24N3O2+. The summed E-state index contributed by atoms with van der Waals surface area (Å²) in [6, 6.07) is 7.85. The van der Waals surface area contributed by atoms with Gasteiger partial charge < -0.3 is 16.0 Å². The molecule has 0 heterocycles. The van der Waals surface area contributed by atoms with E-state index in [1.54, 1.807) is 12.4 Å². The fourth-order valence-corrected chi connectivity index (χ4v) is 1.90. The van der Waals surface area contributed by atoms with E-state index in [1.165, 1.54) is 0 Å². The lowest BCUT2D eigenvalue weighted by Crippen LogP contribution is -2.88. The number of nitrogens with one attached hydrogen (secondary N) is 2. The Kier molecular flexibility index (Phi) is 6.73. The van der Waals surface area contributed by atoms with Crippen molar-refractivity contribution in [3.05, 3.63) is 29.8 Å². The molecule has 0 bridgehead atoms. The smallest absolute Gasteiger partial charge is 0.279 e. The maximum absolute atomic E-state index is 11.9. The van der Waals surface area contributed by atoms with Crippen molar-refractivity contribution >= 4 is 17.5 Å². The van der Waals surface area contributed by atoms with Gasteiger partial charge in [0.05, 0.1) is 0 Å². The lowest BCUT2D eigenvalue weighted by molar-refractivity contribution is -0.632. The van der Waals surface area contributed by atoms with Crippen molar-refractivity contribution in [3.8, 4) is 0 Å². The molecule has 5 heteroatoms. The van der Waals surface area contributed by atoms with E-state index >= 15 is 0 Å². The van der Waals surface area contributed by atoms with Crippen molar-refractivity contribution in [2.24, 2.45) is 0 Å². The van der Waals surface area contributed by atoms with E-state index in [2.05, 4.69) is 24.5 Å². The van der Waals surface area contributed by atoms with Crippen molar-refractivity contribution < 1.29 is 14.9 Å². The van der Waals surface area contributed by atoms with Crippen molar-refractivity contribution in [3.63, 3.8) is 0 Å². The van der Waals surface area contributed by atoms with Gasteiger partial charge in [-0.1, -0.05) is 32.0 Å². The lowest BCUT2D eigenvalue weighted by atomic mass is 9.97. The molecule has 0 aromatic heterocycles. The van der Waals surface area contributed by atoms with Crippen LogP contribution in [0.25, 0.3) is 0 Å². The molecule has 0 unspecified atom stereocenters. The van der Waals surface area contributed by atoms with Crippen LogP contribution < -0.4 is 16.0 Å². The summed E-state index contributed by atoms with van der Waals surface area (Å²) in [5.74, 6) is 0.226. The van der Waals surface area contributed by atoms with Crippen LogP contribution in [0.3, 0.4) is 0 Å². The zero-order valence-corrected chi connectivity index (χ0v) is 12.4. The van der Waals surface area contributed by atoms with Gasteiger partial charge in [-0.05, 0) is 24.0 Å². The van der Waals surface area contributed by atoms with Crippen molar-refractivity contribution in [1.29, 1.82) is 0 Å². The van der Waals surface area contributed by atoms with Crippen LogP contribution in [0.4, 0.5) is 5.69 Å². The normalized spacial score (nSPS) is 11.8. The van der Waals surface area contributed by atoms with Gasteiger partial charge in [0.25, 0.3) is 11.8 Å². The zero-order chi connectivity index (χ0) is 15.0. The van der Waals surface area contributed by atoms with Crippen molar-refractivity contribution in [2.45, 2.75) is 26.2 Å². The molecule has 1 aromatic carbocycles. The second-order valence-corrected chi connectivity index (χ2v) is 4.81. The summed E-state index contributed by atoms with van der Waals surface area (Å²) >= 11 is 0. The predicted molar refractivity (Wildman–Crippen MR) is 79.5 cm³/mol. The maximum atomic E-state index is 11.9. The zero-order valence-electron chi connectivity index (χ0n) is 12.4. The Hall–Kier alpha value is -1.88. The molecule has 0 fully saturated rings. The molecule has 1 rings (SSSR count). The Balaban J connectivity index is 2.55. The van der Waals surface area contributed by atoms with E-state index in [-0.39, 0.29) is 24.9 Å². The first kappa shape index (κ1) is 16.2. The third-order valence-corrected chi connectivity index (χ3v) is 3.32. The number of anilines is 1. The predicted octanol–water partition coefficient (Wildman–Crippen LogP) is 0.448. The number of likely N-dealkylation sites (N-methyl/N-ethyl adjacent to an activating group) is 1. The molecule has 0 saturated carbocycles. The van der Waals surface area contributed by atoms with Gasteiger partial charge in [0.2, 0.25) is 0 Å². The number of carbonyl (C=O) groups excluding carboxylic acids is 2. The summed E-state index contributed by atoms with van der Waals surface area (Å²) in [5, 5.41) is 7.11.